The topological polar surface area (TPSA) is 71.5 Å². The standard InChI is InChI=1S/C28H37FN2O3/c1-2-17-6-8-21(9-7-17)34-25-12-11-24-22(23(25)16-29)10-13-26(30-24)31-27-18-4-3-5-19(27)15-20(14-18)28(32)33/h10-13,17-21,27H,2-9,14-16H2,1H3,(H,30,31)(H,32,33). The van der Waals surface area contributed by atoms with Crippen LogP contribution < -0.4 is 10.1 Å². The number of carbonyl (C=O) groups is 1. The van der Waals surface area contributed by atoms with Crippen LogP contribution in [0.3, 0.4) is 0 Å². The molecule has 1 aromatic carbocycles. The van der Waals surface area contributed by atoms with Crippen molar-refractivity contribution in [3.8, 4) is 5.75 Å². The number of carboxylic acid groups (broad SMARTS) is 1. The third-order valence-corrected chi connectivity index (χ3v) is 8.74. The van der Waals surface area contributed by atoms with E-state index in [0.29, 0.717) is 23.1 Å². The summed E-state index contributed by atoms with van der Waals surface area (Å²) in [5, 5.41) is 14.0. The molecule has 3 fully saturated rings. The Morgan fingerprint density at radius 1 is 1.09 bits per heavy atom. The van der Waals surface area contributed by atoms with Gasteiger partial charge in [-0.1, -0.05) is 19.8 Å². The summed E-state index contributed by atoms with van der Waals surface area (Å²) in [6, 6.07) is 7.98. The summed E-state index contributed by atoms with van der Waals surface area (Å²) in [7, 11) is 0. The number of pyridine rings is 1. The quantitative estimate of drug-likeness (QED) is 0.471. The van der Waals surface area contributed by atoms with Crippen LogP contribution in [0.2, 0.25) is 0 Å². The second-order valence-electron chi connectivity index (χ2n) is 10.7. The number of aliphatic carboxylic acids is 1. The minimum atomic E-state index is -0.658. The highest BCUT2D eigenvalue weighted by Crippen LogP contribution is 2.44. The van der Waals surface area contributed by atoms with Crippen LogP contribution in [0.1, 0.15) is 76.7 Å². The van der Waals surface area contributed by atoms with Gasteiger partial charge in [-0.2, -0.15) is 0 Å². The number of nitrogens with zero attached hydrogens (tertiary/aromatic N) is 1. The summed E-state index contributed by atoms with van der Waals surface area (Å²) in [6.07, 6.45) is 10.6. The third kappa shape index (κ3) is 4.73. The molecular weight excluding hydrogens is 431 g/mol. The van der Waals surface area contributed by atoms with Gasteiger partial charge >= 0.3 is 5.97 Å². The van der Waals surface area contributed by atoms with Gasteiger partial charge in [0.1, 0.15) is 18.2 Å². The van der Waals surface area contributed by atoms with Gasteiger partial charge in [-0.3, -0.25) is 4.79 Å². The summed E-state index contributed by atoms with van der Waals surface area (Å²) in [5.41, 5.74) is 1.36. The molecule has 2 N–H and O–H groups in total. The van der Waals surface area contributed by atoms with Crippen LogP contribution in [0.15, 0.2) is 24.3 Å². The monoisotopic (exact) mass is 468 g/mol. The lowest BCUT2D eigenvalue weighted by atomic mass is 9.64. The van der Waals surface area contributed by atoms with Gasteiger partial charge in [0.15, 0.2) is 0 Å². The number of halogens is 1. The smallest absolute Gasteiger partial charge is 0.306 e. The van der Waals surface area contributed by atoms with Gasteiger partial charge in [-0.25, -0.2) is 9.37 Å². The molecule has 3 saturated carbocycles. The maximum absolute atomic E-state index is 14.1. The average molecular weight is 469 g/mol. The molecule has 2 atom stereocenters. The molecule has 2 unspecified atom stereocenters. The van der Waals surface area contributed by atoms with Crippen molar-refractivity contribution in [1.29, 1.82) is 0 Å². The Labute approximate surface area is 201 Å². The van der Waals surface area contributed by atoms with E-state index in [-0.39, 0.29) is 18.1 Å². The van der Waals surface area contributed by atoms with E-state index in [9.17, 15) is 14.3 Å². The lowest BCUT2D eigenvalue weighted by molar-refractivity contribution is -0.144. The van der Waals surface area contributed by atoms with Gasteiger partial charge in [-0.05, 0) is 93.4 Å². The molecule has 0 radical (unpaired) electrons. The predicted octanol–water partition coefficient (Wildman–Crippen LogP) is 6.74. The number of benzene rings is 1. The zero-order valence-corrected chi connectivity index (χ0v) is 20.1. The molecule has 5 rings (SSSR count). The first kappa shape index (κ1) is 23.4. The highest BCUT2D eigenvalue weighted by atomic mass is 19.1. The molecule has 5 nitrogen and oxygen atoms in total. The van der Waals surface area contributed by atoms with Crippen molar-refractivity contribution in [3.05, 3.63) is 29.8 Å². The number of hydrogen-bond donors (Lipinski definition) is 2. The van der Waals surface area contributed by atoms with Gasteiger partial charge in [0.25, 0.3) is 0 Å². The van der Waals surface area contributed by atoms with Crippen molar-refractivity contribution >= 4 is 22.7 Å². The normalized spacial score (nSPS) is 31.2. The van der Waals surface area contributed by atoms with Crippen LogP contribution in [-0.4, -0.2) is 28.2 Å². The molecule has 34 heavy (non-hydrogen) atoms. The van der Waals surface area contributed by atoms with Gasteiger partial charge in [0.05, 0.1) is 17.5 Å². The SMILES string of the molecule is CCC1CCC(Oc2ccc3nc(NC4C5CCCC4CC(C(=O)O)C5)ccc3c2CF)CC1. The number of hydrogen-bond acceptors (Lipinski definition) is 4. The Hall–Kier alpha value is -2.37. The first-order chi connectivity index (χ1) is 16.6. The predicted molar refractivity (Wildman–Crippen MR) is 132 cm³/mol. The molecule has 184 valence electrons. The van der Waals surface area contributed by atoms with Crippen LogP contribution in [0.5, 0.6) is 5.75 Å². The number of nitrogens with one attached hydrogen (secondary N) is 1. The molecule has 0 saturated heterocycles. The lowest BCUT2D eigenvalue weighted by Crippen LogP contribution is -2.46. The van der Waals surface area contributed by atoms with E-state index >= 15 is 0 Å². The number of alkyl halides is 1. The minimum absolute atomic E-state index is 0.166. The van der Waals surface area contributed by atoms with Crippen LogP contribution in [0.25, 0.3) is 10.9 Å². The fourth-order valence-corrected chi connectivity index (χ4v) is 6.76. The molecule has 3 aliphatic carbocycles. The molecule has 3 aliphatic rings. The summed E-state index contributed by atoms with van der Waals surface area (Å²) >= 11 is 0. The summed E-state index contributed by atoms with van der Waals surface area (Å²) < 4.78 is 20.4. The molecule has 2 bridgehead atoms. The summed E-state index contributed by atoms with van der Waals surface area (Å²) in [6.45, 7) is 1.68. The van der Waals surface area contributed by atoms with Crippen molar-refractivity contribution in [3.63, 3.8) is 0 Å². The Morgan fingerprint density at radius 2 is 1.82 bits per heavy atom. The van der Waals surface area contributed by atoms with E-state index in [1.807, 2.05) is 24.3 Å². The molecule has 1 aromatic heterocycles. The molecule has 2 aromatic rings. The number of fused-ring (bicyclic) bond motifs is 3. The van der Waals surface area contributed by atoms with Gasteiger partial charge in [0.2, 0.25) is 0 Å². The molecule has 0 spiro atoms. The highest BCUT2D eigenvalue weighted by Gasteiger charge is 2.42. The maximum atomic E-state index is 14.1. The Balaban J connectivity index is 1.32. The summed E-state index contributed by atoms with van der Waals surface area (Å²) in [5.74, 6) is 2.09. The van der Waals surface area contributed by atoms with Crippen LogP contribution in [0.4, 0.5) is 10.2 Å². The van der Waals surface area contributed by atoms with Crippen molar-refractivity contribution in [2.24, 2.45) is 23.7 Å². The largest absolute Gasteiger partial charge is 0.490 e. The Morgan fingerprint density at radius 3 is 2.47 bits per heavy atom. The number of rotatable bonds is 7. The summed E-state index contributed by atoms with van der Waals surface area (Å²) in [4.78, 5) is 16.4. The number of ether oxygens (including phenoxy) is 1. The van der Waals surface area contributed by atoms with Crippen LogP contribution in [0, 0.1) is 23.7 Å². The van der Waals surface area contributed by atoms with E-state index < -0.39 is 12.6 Å². The average Bonchev–Trinajstić information content (AvgIpc) is 2.84. The van der Waals surface area contributed by atoms with E-state index in [1.54, 1.807) is 0 Å². The van der Waals surface area contributed by atoms with Crippen molar-refractivity contribution in [2.45, 2.75) is 90.0 Å². The molecule has 0 amide bonds. The molecule has 1 heterocycles. The second-order valence-corrected chi connectivity index (χ2v) is 10.7. The van der Waals surface area contributed by atoms with Crippen molar-refractivity contribution in [2.75, 3.05) is 5.32 Å². The molecule has 0 aliphatic heterocycles. The highest BCUT2D eigenvalue weighted by molar-refractivity contribution is 5.86. The van der Waals surface area contributed by atoms with Crippen molar-refractivity contribution in [1.82, 2.24) is 4.98 Å². The fraction of sp³-hybridized carbons (Fsp3) is 0.643. The second kappa shape index (κ2) is 10.1. The van der Waals surface area contributed by atoms with E-state index in [2.05, 4.69) is 12.2 Å². The van der Waals surface area contributed by atoms with E-state index in [1.165, 1.54) is 25.7 Å². The minimum Gasteiger partial charge on any atom is -0.490 e. The first-order valence-corrected chi connectivity index (χ1v) is 13.2. The zero-order valence-electron chi connectivity index (χ0n) is 20.1. The lowest BCUT2D eigenvalue weighted by Gasteiger charge is -2.45. The number of carboxylic acids is 1. The Kier molecular flexibility index (Phi) is 6.94. The van der Waals surface area contributed by atoms with Gasteiger partial charge < -0.3 is 15.2 Å². The maximum Gasteiger partial charge on any atom is 0.306 e. The van der Waals surface area contributed by atoms with Crippen LogP contribution >= 0.6 is 0 Å². The number of anilines is 1. The Bertz CT molecular complexity index is 1010. The zero-order chi connectivity index (χ0) is 23.7. The first-order valence-electron chi connectivity index (χ1n) is 13.2. The molecule has 6 heteroatoms. The van der Waals surface area contributed by atoms with Crippen LogP contribution in [-0.2, 0) is 11.5 Å². The van der Waals surface area contributed by atoms with Crippen molar-refractivity contribution < 1.29 is 19.0 Å². The van der Waals surface area contributed by atoms with E-state index in [0.717, 1.165) is 61.2 Å². The van der Waals surface area contributed by atoms with Gasteiger partial charge in [0, 0.05) is 17.0 Å². The fourth-order valence-electron chi connectivity index (χ4n) is 6.76. The van der Waals surface area contributed by atoms with Gasteiger partial charge in [-0.15, -0.1) is 0 Å². The molecular formula is C28H37FN2O3. The third-order valence-electron chi connectivity index (χ3n) is 8.74. The van der Waals surface area contributed by atoms with E-state index in [4.69, 9.17) is 9.72 Å². The number of aromatic nitrogens is 1.